The average Bonchev–Trinajstić information content (AvgIpc) is 2.49. The molecule has 3 heteroatoms. The van der Waals surface area contributed by atoms with E-state index in [4.69, 9.17) is 5.73 Å². The molecule has 0 saturated heterocycles. The first kappa shape index (κ1) is 12.5. The monoisotopic (exact) mass is 212 g/mol. The average molecular weight is 212 g/mol. The summed E-state index contributed by atoms with van der Waals surface area (Å²) in [4.78, 5) is 13.9. The first-order valence-corrected chi connectivity index (χ1v) is 5.79. The second-order valence-electron chi connectivity index (χ2n) is 6.09. The molecule has 2 N–H and O–H groups in total. The van der Waals surface area contributed by atoms with Crippen LogP contribution in [0.15, 0.2) is 0 Å². The van der Waals surface area contributed by atoms with Crippen molar-refractivity contribution in [2.24, 2.45) is 11.1 Å². The minimum Gasteiger partial charge on any atom is -0.344 e. The van der Waals surface area contributed by atoms with Crippen molar-refractivity contribution in [2.45, 2.75) is 52.0 Å². The fraction of sp³-hybridized carbons (Fsp3) is 0.917. The molecular weight excluding hydrogens is 188 g/mol. The Hall–Kier alpha value is -0.570. The summed E-state index contributed by atoms with van der Waals surface area (Å²) in [6.45, 7) is 7.17. The molecule has 15 heavy (non-hydrogen) atoms. The maximum absolute atomic E-state index is 12.1. The number of likely N-dealkylation sites (N-methyl/N-ethyl adjacent to an activating group) is 1. The Morgan fingerprint density at radius 1 is 1.33 bits per heavy atom. The Kier molecular flexibility index (Phi) is 3.44. The van der Waals surface area contributed by atoms with Crippen LogP contribution < -0.4 is 5.73 Å². The molecule has 1 aliphatic carbocycles. The molecule has 0 heterocycles. The van der Waals surface area contributed by atoms with Gasteiger partial charge in [-0.25, -0.2) is 0 Å². The van der Waals surface area contributed by atoms with E-state index < -0.39 is 5.54 Å². The maximum atomic E-state index is 12.1. The quantitative estimate of drug-likeness (QED) is 0.758. The molecule has 1 amide bonds. The van der Waals surface area contributed by atoms with Gasteiger partial charge < -0.3 is 10.6 Å². The molecule has 0 unspecified atom stereocenters. The molecule has 88 valence electrons. The Labute approximate surface area is 93.0 Å². The molecule has 0 radical (unpaired) electrons. The third kappa shape index (κ3) is 3.20. The van der Waals surface area contributed by atoms with Crippen molar-refractivity contribution in [2.75, 3.05) is 13.6 Å². The lowest BCUT2D eigenvalue weighted by Crippen LogP contribution is -2.53. The zero-order valence-corrected chi connectivity index (χ0v) is 10.5. The van der Waals surface area contributed by atoms with Crippen LogP contribution in [0.25, 0.3) is 0 Å². The summed E-state index contributed by atoms with van der Waals surface area (Å²) in [5.41, 5.74) is 5.70. The largest absolute Gasteiger partial charge is 0.344 e. The molecule has 1 fully saturated rings. The van der Waals surface area contributed by atoms with E-state index in [1.54, 1.807) is 4.90 Å². The first-order valence-electron chi connectivity index (χ1n) is 5.79. The van der Waals surface area contributed by atoms with Crippen LogP contribution in [0, 0.1) is 5.41 Å². The van der Waals surface area contributed by atoms with Crippen molar-refractivity contribution in [3.05, 3.63) is 0 Å². The predicted molar refractivity (Wildman–Crippen MR) is 62.5 cm³/mol. The predicted octanol–water partition coefficient (Wildman–Crippen LogP) is 1.76. The van der Waals surface area contributed by atoms with Crippen molar-refractivity contribution >= 4 is 5.91 Å². The van der Waals surface area contributed by atoms with Crippen LogP contribution in [-0.4, -0.2) is 29.9 Å². The molecule has 1 rings (SSSR count). The van der Waals surface area contributed by atoms with E-state index in [2.05, 4.69) is 20.8 Å². The normalized spacial score (nSPS) is 20.3. The number of nitrogens with zero attached hydrogens (tertiary/aromatic N) is 1. The number of amides is 1. The molecule has 0 atom stereocenters. The third-order valence-corrected chi connectivity index (χ3v) is 2.98. The summed E-state index contributed by atoms with van der Waals surface area (Å²) < 4.78 is 0. The van der Waals surface area contributed by atoms with Crippen LogP contribution in [0.2, 0.25) is 0 Å². The smallest absolute Gasteiger partial charge is 0.242 e. The zero-order valence-electron chi connectivity index (χ0n) is 10.5. The minimum atomic E-state index is -0.569. The van der Waals surface area contributed by atoms with Crippen LogP contribution >= 0.6 is 0 Å². The van der Waals surface area contributed by atoms with Gasteiger partial charge in [-0.05, 0) is 18.3 Å². The molecule has 0 bridgehead atoms. The summed E-state index contributed by atoms with van der Waals surface area (Å²) >= 11 is 0. The second kappa shape index (κ2) is 4.12. The zero-order chi connectivity index (χ0) is 11.7. The number of nitrogens with two attached hydrogens (primary N) is 1. The summed E-state index contributed by atoms with van der Waals surface area (Å²) in [6.07, 6.45) is 3.87. The van der Waals surface area contributed by atoms with E-state index in [1.165, 1.54) is 0 Å². The molecule has 0 aliphatic heterocycles. The highest BCUT2D eigenvalue weighted by atomic mass is 16.2. The van der Waals surface area contributed by atoms with Gasteiger partial charge in [0.15, 0.2) is 0 Å². The maximum Gasteiger partial charge on any atom is 0.242 e. The third-order valence-electron chi connectivity index (χ3n) is 2.98. The lowest BCUT2D eigenvalue weighted by atomic mass is 9.93. The van der Waals surface area contributed by atoms with Crippen molar-refractivity contribution in [1.29, 1.82) is 0 Å². The Morgan fingerprint density at radius 2 is 1.80 bits per heavy atom. The van der Waals surface area contributed by atoms with Gasteiger partial charge in [-0.2, -0.15) is 0 Å². The molecule has 0 aromatic heterocycles. The van der Waals surface area contributed by atoms with Crippen molar-refractivity contribution in [3.8, 4) is 0 Å². The first-order chi connectivity index (χ1) is 6.75. The second-order valence-corrected chi connectivity index (χ2v) is 6.09. The minimum absolute atomic E-state index is 0.120. The Balaban J connectivity index is 2.60. The fourth-order valence-corrected chi connectivity index (χ4v) is 2.38. The number of hydrogen-bond acceptors (Lipinski definition) is 2. The summed E-state index contributed by atoms with van der Waals surface area (Å²) in [5.74, 6) is 0.120. The Bertz CT molecular complexity index is 236. The lowest BCUT2D eigenvalue weighted by Gasteiger charge is -2.33. The topological polar surface area (TPSA) is 46.3 Å². The molecule has 0 spiro atoms. The van der Waals surface area contributed by atoms with Gasteiger partial charge in [0.1, 0.15) is 0 Å². The van der Waals surface area contributed by atoms with E-state index in [-0.39, 0.29) is 11.3 Å². The van der Waals surface area contributed by atoms with Gasteiger partial charge in [-0.15, -0.1) is 0 Å². The number of hydrogen-bond donors (Lipinski definition) is 1. The van der Waals surface area contributed by atoms with Gasteiger partial charge >= 0.3 is 0 Å². The lowest BCUT2D eigenvalue weighted by molar-refractivity contribution is -0.136. The summed E-state index contributed by atoms with van der Waals surface area (Å²) in [5, 5.41) is 0. The van der Waals surface area contributed by atoms with Gasteiger partial charge in [-0.1, -0.05) is 33.6 Å². The molecule has 1 saturated carbocycles. The van der Waals surface area contributed by atoms with Gasteiger partial charge in [0.25, 0.3) is 0 Å². The van der Waals surface area contributed by atoms with Crippen LogP contribution in [0.1, 0.15) is 46.5 Å². The van der Waals surface area contributed by atoms with Gasteiger partial charge in [-0.3, -0.25) is 4.79 Å². The van der Waals surface area contributed by atoms with Gasteiger partial charge in [0, 0.05) is 13.6 Å². The summed E-state index contributed by atoms with van der Waals surface area (Å²) in [7, 11) is 1.86. The number of carbonyl (C=O) groups excluding carboxylic acids is 1. The molecule has 0 aromatic rings. The van der Waals surface area contributed by atoms with E-state index in [0.717, 1.165) is 32.2 Å². The van der Waals surface area contributed by atoms with E-state index in [9.17, 15) is 4.79 Å². The molecule has 3 nitrogen and oxygen atoms in total. The molecule has 1 aliphatic rings. The van der Waals surface area contributed by atoms with Gasteiger partial charge in [0.05, 0.1) is 5.54 Å². The fourth-order valence-electron chi connectivity index (χ4n) is 2.38. The van der Waals surface area contributed by atoms with Crippen molar-refractivity contribution in [1.82, 2.24) is 4.90 Å². The van der Waals surface area contributed by atoms with Crippen LogP contribution in [0.3, 0.4) is 0 Å². The highest BCUT2D eigenvalue weighted by Crippen LogP contribution is 2.29. The summed E-state index contributed by atoms with van der Waals surface area (Å²) in [6, 6.07) is 0. The van der Waals surface area contributed by atoms with Crippen LogP contribution in [0.4, 0.5) is 0 Å². The molecular formula is C12H24N2O. The van der Waals surface area contributed by atoms with Gasteiger partial charge in [0.2, 0.25) is 5.91 Å². The van der Waals surface area contributed by atoms with Crippen molar-refractivity contribution in [3.63, 3.8) is 0 Å². The Morgan fingerprint density at radius 3 is 2.20 bits per heavy atom. The van der Waals surface area contributed by atoms with E-state index in [1.807, 2.05) is 7.05 Å². The number of rotatable bonds is 2. The number of carbonyl (C=O) groups is 1. The highest BCUT2D eigenvalue weighted by molar-refractivity contribution is 5.86. The van der Waals surface area contributed by atoms with E-state index in [0.29, 0.717) is 0 Å². The SMILES string of the molecule is CN(CC(C)(C)C)C(=O)C1(N)CCCC1. The molecule has 0 aromatic carbocycles. The van der Waals surface area contributed by atoms with E-state index >= 15 is 0 Å². The standard InChI is InChI=1S/C12H24N2O/c1-11(2,3)9-14(4)10(15)12(13)7-5-6-8-12/h5-9,13H2,1-4H3. The highest BCUT2D eigenvalue weighted by Gasteiger charge is 2.39. The van der Waals surface area contributed by atoms with Crippen molar-refractivity contribution < 1.29 is 4.79 Å². The van der Waals surface area contributed by atoms with Crippen LogP contribution in [0.5, 0.6) is 0 Å². The van der Waals surface area contributed by atoms with Crippen LogP contribution in [-0.2, 0) is 4.79 Å².